The van der Waals surface area contributed by atoms with E-state index in [1.807, 2.05) is 0 Å². The van der Waals surface area contributed by atoms with Crippen molar-refractivity contribution in [1.82, 2.24) is 4.98 Å². The average molecular weight is 265 g/mol. The molecule has 0 saturated heterocycles. The summed E-state index contributed by atoms with van der Waals surface area (Å²) in [5.41, 5.74) is -1.17. The minimum Gasteiger partial charge on any atom is -0.223 e. The molecule has 0 N–H and O–H groups in total. The van der Waals surface area contributed by atoms with Crippen LogP contribution in [0.1, 0.15) is 23.2 Å². The van der Waals surface area contributed by atoms with Gasteiger partial charge in [-0.1, -0.05) is 15.9 Å². The lowest BCUT2D eigenvalue weighted by atomic mass is 10.1. The molecule has 0 aromatic carbocycles. The molecule has 0 spiro atoms. The maximum absolute atomic E-state index is 13.0. The predicted molar refractivity (Wildman–Crippen MR) is 46.5 cm³/mol. The molecule has 1 aromatic rings. The zero-order valence-corrected chi connectivity index (χ0v) is 8.35. The molecular weight excluding hydrogens is 261 g/mol. The van der Waals surface area contributed by atoms with E-state index in [1.165, 1.54) is 6.07 Å². The highest BCUT2D eigenvalue weighted by molar-refractivity contribution is 9.08. The van der Waals surface area contributed by atoms with Crippen molar-refractivity contribution in [2.75, 3.05) is 0 Å². The lowest BCUT2D eigenvalue weighted by Gasteiger charge is -2.04. The fraction of sp³-hybridized carbons (Fsp3) is 0.250. The standard InChI is InChI=1S/C8H4BrF3N2/c9-2-4-1-5(7(10)11)6(3-13)8(12)14-4/h1,7H,2H2. The van der Waals surface area contributed by atoms with Gasteiger partial charge in [0.1, 0.15) is 11.6 Å². The highest BCUT2D eigenvalue weighted by Crippen LogP contribution is 2.25. The Hall–Kier alpha value is -1.09. The van der Waals surface area contributed by atoms with Crippen molar-refractivity contribution in [2.45, 2.75) is 11.8 Å². The number of aromatic nitrogens is 1. The van der Waals surface area contributed by atoms with Crippen molar-refractivity contribution < 1.29 is 13.2 Å². The zero-order chi connectivity index (χ0) is 10.7. The molecule has 74 valence electrons. The van der Waals surface area contributed by atoms with Gasteiger partial charge in [-0.25, -0.2) is 13.8 Å². The number of nitrogens with zero attached hydrogens (tertiary/aromatic N) is 2. The second-order valence-corrected chi connectivity index (χ2v) is 2.98. The Bertz CT molecular complexity index is 387. The van der Waals surface area contributed by atoms with Gasteiger partial charge in [0.2, 0.25) is 5.95 Å². The number of rotatable bonds is 2. The molecule has 0 bridgehead atoms. The molecule has 0 radical (unpaired) electrons. The SMILES string of the molecule is N#Cc1c(C(F)F)cc(CBr)nc1F. The monoisotopic (exact) mass is 264 g/mol. The molecule has 1 aromatic heterocycles. The van der Waals surface area contributed by atoms with Gasteiger partial charge in [0.25, 0.3) is 6.43 Å². The van der Waals surface area contributed by atoms with Gasteiger partial charge < -0.3 is 0 Å². The van der Waals surface area contributed by atoms with Gasteiger partial charge in [-0.15, -0.1) is 0 Å². The molecule has 2 nitrogen and oxygen atoms in total. The molecule has 0 atom stereocenters. The van der Waals surface area contributed by atoms with E-state index in [9.17, 15) is 13.2 Å². The first kappa shape index (κ1) is 11.0. The van der Waals surface area contributed by atoms with Crippen molar-refractivity contribution in [3.63, 3.8) is 0 Å². The molecule has 0 amide bonds. The number of pyridine rings is 1. The molecule has 0 saturated carbocycles. The van der Waals surface area contributed by atoms with E-state index in [1.54, 1.807) is 0 Å². The molecule has 1 rings (SSSR count). The normalized spacial score (nSPS) is 10.3. The third-order valence-corrected chi connectivity index (χ3v) is 2.12. The summed E-state index contributed by atoms with van der Waals surface area (Å²) in [7, 11) is 0. The summed E-state index contributed by atoms with van der Waals surface area (Å²) >= 11 is 2.96. The van der Waals surface area contributed by atoms with Crippen LogP contribution in [-0.4, -0.2) is 4.98 Å². The number of hydrogen-bond acceptors (Lipinski definition) is 2. The second-order valence-electron chi connectivity index (χ2n) is 2.41. The summed E-state index contributed by atoms with van der Waals surface area (Å²) in [5.74, 6) is -1.15. The molecule has 0 aliphatic carbocycles. The van der Waals surface area contributed by atoms with Gasteiger partial charge in [-0.05, 0) is 6.07 Å². The summed E-state index contributed by atoms with van der Waals surface area (Å²) < 4.78 is 37.7. The van der Waals surface area contributed by atoms with Crippen LogP contribution >= 0.6 is 15.9 Å². The van der Waals surface area contributed by atoms with Crippen LogP contribution in [0.5, 0.6) is 0 Å². The first-order valence-electron chi connectivity index (χ1n) is 3.53. The second kappa shape index (κ2) is 4.42. The fourth-order valence-corrected chi connectivity index (χ4v) is 1.22. The van der Waals surface area contributed by atoms with Crippen molar-refractivity contribution in [2.24, 2.45) is 0 Å². The van der Waals surface area contributed by atoms with Crippen LogP contribution in [0.2, 0.25) is 0 Å². The number of alkyl halides is 3. The molecule has 14 heavy (non-hydrogen) atoms. The fourth-order valence-electron chi connectivity index (χ4n) is 0.936. The Kier molecular flexibility index (Phi) is 3.47. The van der Waals surface area contributed by atoms with E-state index in [-0.39, 0.29) is 11.0 Å². The molecule has 0 unspecified atom stereocenters. The number of halogens is 4. The Balaban J connectivity index is 3.37. The first-order chi connectivity index (χ1) is 6.60. The third kappa shape index (κ3) is 2.04. The molecule has 0 fully saturated rings. The first-order valence-corrected chi connectivity index (χ1v) is 4.65. The maximum Gasteiger partial charge on any atom is 0.265 e. The van der Waals surface area contributed by atoms with E-state index in [0.717, 1.165) is 6.07 Å². The average Bonchev–Trinajstić information content (AvgIpc) is 2.16. The lowest BCUT2D eigenvalue weighted by Crippen LogP contribution is -2.01. The Morgan fingerprint density at radius 3 is 2.64 bits per heavy atom. The van der Waals surface area contributed by atoms with Crippen LogP contribution < -0.4 is 0 Å². The third-order valence-electron chi connectivity index (χ3n) is 1.54. The van der Waals surface area contributed by atoms with E-state index < -0.39 is 23.5 Å². The van der Waals surface area contributed by atoms with Crippen molar-refractivity contribution in [1.29, 1.82) is 5.26 Å². The Morgan fingerprint density at radius 2 is 2.21 bits per heavy atom. The predicted octanol–water partition coefficient (Wildman–Crippen LogP) is 2.92. The molecule has 0 aliphatic heterocycles. The molecule has 0 aliphatic rings. The summed E-state index contributed by atoms with van der Waals surface area (Å²) in [4.78, 5) is 3.34. The van der Waals surface area contributed by atoms with Crippen molar-refractivity contribution >= 4 is 15.9 Å². The highest BCUT2D eigenvalue weighted by atomic mass is 79.9. The van der Waals surface area contributed by atoms with Crippen LogP contribution in [0.15, 0.2) is 6.07 Å². The van der Waals surface area contributed by atoms with Gasteiger partial charge in [0.05, 0.1) is 5.69 Å². The van der Waals surface area contributed by atoms with E-state index in [4.69, 9.17) is 5.26 Å². The number of hydrogen-bond donors (Lipinski definition) is 0. The maximum atomic E-state index is 13.0. The zero-order valence-electron chi connectivity index (χ0n) is 6.77. The largest absolute Gasteiger partial charge is 0.265 e. The van der Waals surface area contributed by atoms with Crippen LogP contribution in [0, 0.1) is 17.3 Å². The smallest absolute Gasteiger partial charge is 0.223 e. The minimum absolute atomic E-state index is 0.136. The van der Waals surface area contributed by atoms with Gasteiger partial charge in [-0.2, -0.15) is 9.65 Å². The quantitative estimate of drug-likeness (QED) is 0.609. The van der Waals surface area contributed by atoms with Crippen molar-refractivity contribution in [3.8, 4) is 6.07 Å². The van der Waals surface area contributed by atoms with Gasteiger partial charge >= 0.3 is 0 Å². The van der Waals surface area contributed by atoms with Crippen LogP contribution in [0.4, 0.5) is 13.2 Å². The Morgan fingerprint density at radius 1 is 1.57 bits per heavy atom. The molecule has 1 heterocycles. The summed E-state index contributed by atoms with van der Waals surface area (Å²) in [6, 6.07) is 2.38. The number of nitriles is 1. The lowest BCUT2D eigenvalue weighted by molar-refractivity contribution is 0.150. The van der Waals surface area contributed by atoms with Gasteiger partial charge in [0.15, 0.2) is 0 Å². The van der Waals surface area contributed by atoms with Gasteiger partial charge in [-0.3, -0.25) is 0 Å². The summed E-state index contributed by atoms with van der Waals surface area (Å²) in [6.45, 7) is 0. The minimum atomic E-state index is -2.88. The molecule has 6 heteroatoms. The van der Waals surface area contributed by atoms with Gasteiger partial charge in [0, 0.05) is 10.9 Å². The van der Waals surface area contributed by atoms with Crippen LogP contribution in [0.3, 0.4) is 0 Å². The van der Waals surface area contributed by atoms with E-state index >= 15 is 0 Å². The van der Waals surface area contributed by atoms with E-state index in [0.29, 0.717) is 0 Å². The van der Waals surface area contributed by atoms with E-state index in [2.05, 4.69) is 20.9 Å². The summed E-state index contributed by atoms with van der Waals surface area (Å²) in [6.07, 6.45) is -2.88. The Labute approximate surface area is 86.5 Å². The topological polar surface area (TPSA) is 36.7 Å². The van der Waals surface area contributed by atoms with Crippen LogP contribution in [0.25, 0.3) is 0 Å². The molecular formula is C8H4BrF3N2. The van der Waals surface area contributed by atoms with Crippen LogP contribution in [-0.2, 0) is 5.33 Å². The highest BCUT2D eigenvalue weighted by Gasteiger charge is 2.18. The summed E-state index contributed by atoms with van der Waals surface area (Å²) in [5, 5.41) is 8.60. The van der Waals surface area contributed by atoms with Crippen molar-refractivity contribution in [3.05, 3.63) is 28.8 Å².